The van der Waals surface area contributed by atoms with Crippen molar-refractivity contribution in [3.63, 3.8) is 0 Å². The molecule has 2 aromatic carbocycles. The van der Waals surface area contributed by atoms with E-state index in [9.17, 15) is 14.4 Å². The molecule has 0 bridgehead atoms. The number of carbonyl (C=O) groups is 3. The summed E-state index contributed by atoms with van der Waals surface area (Å²) in [5.41, 5.74) is 1.84. The van der Waals surface area contributed by atoms with Crippen molar-refractivity contribution in [3.05, 3.63) is 60.2 Å². The normalized spacial score (nSPS) is 18.9. The molecule has 2 amide bonds. The lowest BCUT2D eigenvalue weighted by atomic mass is 9.81. The summed E-state index contributed by atoms with van der Waals surface area (Å²) in [5, 5.41) is 11.9. The molecule has 0 unspecified atom stereocenters. The Bertz CT molecular complexity index is 858. The first-order valence-electron chi connectivity index (χ1n) is 9.42. The third-order valence-corrected chi connectivity index (χ3v) is 5.27. The van der Waals surface area contributed by atoms with Crippen molar-refractivity contribution in [2.45, 2.75) is 25.7 Å². The van der Waals surface area contributed by atoms with E-state index in [1.54, 1.807) is 36.2 Å². The highest BCUT2D eigenvalue weighted by molar-refractivity contribution is 6.06. The van der Waals surface area contributed by atoms with E-state index >= 15 is 0 Å². The zero-order valence-corrected chi connectivity index (χ0v) is 15.8. The minimum absolute atomic E-state index is 0.121. The number of hydrogen-bond acceptors (Lipinski definition) is 3. The Morgan fingerprint density at radius 3 is 2.21 bits per heavy atom. The molecule has 0 radical (unpaired) electrons. The molecule has 0 heterocycles. The summed E-state index contributed by atoms with van der Waals surface area (Å²) in [4.78, 5) is 37.9. The molecule has 0 saturated heterocycles. The molecule has 1 aliphatic carbocycles. The summed E-state index contributed by atoms with van der Waals surface area (Å²) < 4.78 is 0. The molecule has 3 rings (SSSR count). The van der Waals surface area contributed by atoms with Crippen molar-refractivity contribution in [2.75, 3.05) is 17.3 Å². The molecule has 1 aliphatic rings. The molecule has 146 valence electrons. The number of hydrogen-bond donors (Lipinski definition) is 2. The van der Waals surface area contributed by atoms with Gasteiger partial charge in [0.25, 0.3) is 5.91 Å². The number of rotatable bonds is 5. The number of benzene rings is 2. The Morgan fingerprint density at radius 1 is 0.929 bits per heavy atom. The van der Waals surface area contributed by atoms with E-state index < -0.39 is 5.97 Å². The number of carboxylic acid groups (broad SMARTS) is 1. The highest BCUT2D eigenvalue weighted by Gasteiger charge is 2.29. The maximum absolute atomic E-state index is 12.7. The van der Waals surface area contributed by atoms with Crippen LogP contribution >= 0.6 is 0 Å². The van der Waals surface area contributed by atoms with Crippen molar-refractivity contribution in [1.29, 1.82) is 0 Å². The fraction of sp³-hybridized carbons (Fsp3) is 0.318. The quantitative estimate of drug-likeness (QED) is 0.826. The molecular weight excluding hydrogens is 356 g/mol. The highest BCUT2D eigenvalue weighted by Crippen LogP contribution is 2.30. The van der Waals surface area contributed by atoms with Crippen LogP contribution < -0.4 is 10.2 Å². The Kier molecular flexibility index (Phi) is 6.09. The standard InChI is InChI=1S/C22H24N2O4/c1-24(19-8-3-2-4-9-19)21(26)17-6-5-7-18(14-17)23-20(25)15-10-12-16(13-11-15)22(27)28/h2-9,14-16H,10-13H2,1H3,(H,23,25)(H,27,28). The maximum Gasteiger partial charge on any atom is 0.306 e. The van der Waals surface area contributed by atoms with Crippen molar-refractivity contribution in [3.8, 4) is 0 Å². The van der Waals surface area contributed by atoms with Gasteiger partial charge in [-0.05, 0) is 56.0 Å². The third kappa shape index (κ3) is 4.57. The first-order chi connectivity index (χ1) is 13.5. The first-order valence-corrected chi connectivity index (χ1v) is 9.42. The zero-order valence-electron chi connectivity index (χ0n) is 15.8. The predicted octanol–water partition coefficient (Wildman–Crippen LogP) is 3.79. The Hall–Kier alpha value is -3.15. The van der Waals surface area contributed by atoms with Crippen molar-refractivity contribution in [1.82, 2.24) is 0 Å². The third-order valence-electron chi connectivity index (χ3n) is 5.27. The minimum atomic E-state index is -0.785. The van der Waals surface area contributed by atoms with Crippen molar-refractivity contribution >= 4 is 29.2 Å². The molecular formula is C22H24N2O4. The van der Waals surface area contributed by atoms with Gasteiger partial charge in [-0.15, -0.1) is 0 Å². The number of nitrogens with one attached hydrogen (secondary N) is 1. The second-order valence-electron chi connectivity index (χ2n) is 7.16. The number of amides is 2. The number of aliphatic carboxylic acids is 1. The van der Waals surface area contributed by atoms with Gasteiger partial charge in [-0.25, -0.2) is 0 Å². The van der Waals surface area contributed by atoms with E-state index in [0.717, 1.165) is 5.69 Å². The maximum atomic E-state index is 12.7. The highest BCUT2D eigenvalue weighted by atomic mass is 16.4. The smallest absolute Gasteiger partial charge is 0.306 e. The van der Waals surface area contributed by atoms with Gasteiger partial charge in [0.2, 0.25) is 5.91 Å². The van der Waals surface area contributed by atoms with E-state index in [2.05, 4.69) is 5.32 Å². The molecule has 1 saturated carbocycles. The van der Waals surface area contributed by atoms with Crippen molar-refractivity contribution < 1.29 is 19.5 Å². The number of nitrogens with zero attached hydrogens (tertiary/aromatic N) is 1. The topological polar surface area (TPSA) is 86.7 Å². The number of carboxylic acids is 1. The molecule has 1 fully saturated rings. The van der Waals surface area contributed by atoms with Crippen LogP contribution in [0.5, 0.6) is 0 Å². The van der Waals surface area contributed by atoms with E-state index in [0.29, 0.717) is 36.9 Å². The molecule has 2 aromatic rings. The largest absolute Gasteiger partial charge is 0.481 e. The van der Waals surface area contributed by atoms with Gasteiger partial charge in [0.1, 0.15) is 0 Å². The molecule has 0 atom stereocenters. The molecule has 0 aromatic heterocycles. The fourth-order valence-electron chi connectivity index (χ4n) is 3.54. The number of anilines is 2. The van der Waals surface area contributed by atoms with Crippen molar-refractivity contribution in [2.24, 2.45) is 11.8 Å². The van der Waals surface area contributed by atoms with Gasteiger partial charge in [-0.1, -0.05) is 24.3 Å². The Balaban J connectivity index is 1.64. The zero-order chi connectivity index (χ0) is 20.1. The first kappa shape index (κ1) is 19.6. The van der Waals surface area contributed by atoms with Gasteiger partial charge in [-0.3, -0.25) is 14.4 Å². The number of para-hydroxylation sites is 1. The van der Waals surface area contributed by atoms with Gasteiger partial charge in [-0.2, -0.15) is 0 Å². The van der Waals surface area contributed by atoms with Crippen LogP contribution in [-0.4, -0.2) is 29.9 Å². The Morgan fingerprint density at radius 2 is 1.57 bits per heavy atom. The lowest BCUT2D eigenvalue weighted by Crippen LogP contribution is -2.29. The van der Waals surface area contributed by atoms with Crippen LogP contribution in [0.3, 0.4) is 0 Å². The van der Waals surface area contributed by atoms with E-state index in [1.165, 1.54) is 0 Å². The van der Waals surface area contributed by atoms with E-state index in [4.69, 9.17) is 5.11 Å². The average Bonchev–Trinajstić information content (AvgIpc) is 2.73. The van der Waals surface area contributed by atoms with Gasteiger partial charge in [0.15, 0.2) is 0 Å². The summed E-state index contributed by atoms with van der Waals surface area (Å²) in [5.74, 6) is -1.61. The molecule has 2 N–H and O–H groups in total. The molecule has 0 spiro atoms. The minimum Gasteiger partial charge on any atom is -0.481 e. The second kappa shape index (κ2) is 8.69. The molecule has 6 nitrogen and oxygen atoms in total. The van der Waals surface area contributed by atoms with E-state index in [-0.39, 0.29) is 23.7 Å². The lowest BCUT2D eigenvalue weighted by Gasteiger charge is -2.25. The van der Waals surface area contributed by atoms with Crippen LogP contribution in [0.15, 0.2) is 54.6 Å². The number of carbonyl (C=O) groups excluding carboxylic acids is 2. The van der Waals surface area contributed by atoms with Gasteiger partial charge in [0.05, 0.1) is 5.92 Å². The van der Waals surface area contributed by atoms with Crippen LogP contribution in [0.25, 0.3) is 0 Å². The molecule has 28 heavy (non-hydrogen) atoms. The molecule has 6 heteroatoms. The summed E-state index contributed by atoms with van der Waals surface area (Å²) in [7, 11) is 1.71. The van der Waals surface area contributed by atoms with Gasteiger partial charge in [0, 0.05) is 29.9 Å². The van der Waals surface area contributed by atoms with Gasteiger partial charge >= 0.3 is 5.97 Å². The van der Waals surface area contributed by atoms with Crippen LogP contribution in [-0.2, 0) is 9.59 Å². The Labute approximate surface area is 164 Å². The second-order valence-corrected chi connectivity index (χ2v) is 7.16. The van der Waals surface area contributed by atoms with E-state index in [1.807, 2.05) is 30.3 Å². The molecule has 0 aliphatic heterocycles. The fourth-order valence-corrected chi connectivity index (χ4v) is 3.54. The van der Waals surface area contributed by atoms with Crippen LogP contribution in [0.2, 0.25) is 0 Å². The van der Waals surface area contributed by atoms with Gasteiger partial charge < -0.3 is 15.3 Å². The SMILES string of the molecule is CN(C(=O)c1cccc(NC(=O)C2CCC(C(=O)O)CC2)c1)c1ccccc1. The summed E-state index contributed by atoms with van der Waals surface area (Å²) in [6, 6.07) is 16.2. The lowest BCUT2D eigenvalue weighted by molar-refractivity contribution is -0.143. The van der Waals surface area contributed by atoms with Crippen LogP contribution in [0, 0.1) is 11.8 Å². The summed E-state index contributed by atoms with van der Waals surface area (Å²) in [6.45, 7) is 0. The van der Waals surface area contributed by atoms with Crippen LogP contribution in [0.4, 0.5) is 11.4 Å². The predicted molar refractivity (Wildman–Crippen MR) is 107 cm³/mol. The summed E-state index contributed by atoms with van der Waals surface area (Å²) >= 11 is 0. The van der Waals surface area contributed by atoms with Crippen LogP contribution in [0.1, 0.15) is 36.0 Å². The monoisotopic (exact) mass is 380 g/mol. The summed E-state index contributed by atoms with van der Waals surface area (Å²) in [6.07, 6.45) is 2.18. The average molecular weight is 380 g/mol.